The van der Waals surface area contributed by atoms with Crippen LogP contribution in [0.15, 0.2) is 40.8 Å². The molecule has 0 aliphatic carbocycles. The molecule has 1 N–H and O–H groups in total. The van der Waals surface area contributed by atoms with Gasteiger partial charge in [-0.25, -0.2) is 9.18 Å². The summed E-state index contributed by atoms with van der Waals surface area (Å²) in [4.78, 5) is 36.1. The highest BCUT2D eigenvalue weighted by molar-refractivity contribution is 6.35. The van der Waals surface area contributed by atoms with E-state index in [9.17, 15) is 31.9 Å². The summed E-state index contributed by atoms with van der Waals surface area (Å²) in [7, 11) is 0. The lowest BCUT2D eigenvalue weighted by molar-refractivity contribution is -0.165. The van der Waals surface area contributed by atoms with Crippen molar-refractivity contribution in [2.24, 2.45) is 0 Å². The van der Waals surface area contributed by atoms with Crippen LogP contribution in [0.4, 0.5) is 17.6 Å². The molecule has 3 rings (SSSR count). The van der Waals surface area contributed by atoms with Gasteiger partial charge in [-0.3, -0.25) is 14.9 Å². The van der Waals surface area contributed by atoms with E-state index >= 15 is 0 Å². The van der Waals surface area contributed by atoms with Crippen LogP contribution in [0.2, 0.25) is 0 Å². The third-order valence-electron chi connectivity index (χ3n) is 5.41. The fourth-order valence-electron chi connectivity index (χ4n) is 3.83. The highest BCUT2D eigenvalue weighted by Crippen LogP contribution is 2.37. The van der Waals surface area contributed by atoms with Crippen molar-refractivity contribution in [3.8, 4) is 0 Å². The number of rotatable bonds is 9. The van der Waals surface area contributed by atoms with Gasteiger partial charge < -0.3 is 9.15 Å². The van der Waals surface area contributed by atoms with E-state index in [4.69, 9.17) is 4.42 Å². The van der Waals surface area contributed by atoms with Crippen molar-refractivity contribution < 1.29 is 41.1 Å². The Balaban J connectivity index is 2.04. The second kappa shape index (κ2) is 9.77. The van der Waals surface area contributed by atoms with E-state index in [1.54, 1.807) is 18.2 Å². The minimum atomic E-state index is -4.89. The zero-order valence-electron chi connectivity index (χ0n) is 19.6. The second-order valence-electron chi connectivity index (χ2n) is 8.83. The van der Waals surface area contributed by atoms with Crippen LogP contribution >= 0.6 is 0 Å². The summed E-state index contributed by atoms with van der Waals surface area (Å²) in [6.45, 7) is 4.87. The van der Waals surface area contributed by atoms with Gasteiger partial charge in [0.05, 0.1) is 12.6 Å². The molecule has 188 valence electrons. The molecule has 1 unspecified atom stereocenters. The maximum Gasteiger partial charge on any atom is 0.407 e. The van der Waals surface area contributed by atoms with Crippen LogP contribution in [0.1, 0.15) is 56.1 Å². The van der Waals surface area contributed by atoms with Gasteiger partial charge in [0, 0.05) is 22.8 Å². The molecular weight excluding hydrogens is 470 g/mol. The van der Waals surface area contributed by atoms with E-state index in [0.29, 0.717) is 21.9 Å². The van der Waals surface area contributed by atoms with Crippen LogP contribution < -0.4 is 5.32 Å². The SMILES string of the molecule is CCOC(=O)C(=O)[C@H](CC(C)(C)F)NC(c1ccc2c(c1)oc1ccc(C(C)=O)cc12)C(F)(F)F. The number of Topliss-reactive ketones (excluding diaryl/α,β-unsaturated/α-hetero) is 2. The van der Waals surface area contributed by atoms with Crippen LogP contribution in [0, 0.1) is 0 Å². The predicted molar refractivity (Wildman–Crippen MR) is 121 cm³/mol. The van der Waals surface area contributed by atoms with E-state index < -0.39 is 42.1 Å². The fraction of sp³-hybridized carbons (Fsp3) is 0.400. The summed E-state index contributed by atoms with van der Waals surface area (Å²) in [6.07, 6.45) is -5.58. The lowest BCUT2D eigenvalue weighted by Crippen LogP contribution is -2.49. The molecule has 2 atom stereocenters. The standard InChI is InChI=1S/C25H25F4NO5/c1-5-34-23(33)21(32)18(12-24(3,4)26)30-22(25(27,28)29)15-6-8-16-17-10-14(13(2)31)7-9-19(17)35-20(16)11-15/h6-11,18,22,30H,5,12H2,1-4H3/t18-,22?/m0/s1. The number of alkyl halides is 4. The number of nitrogens with one attached hydrogen (secondary N) is 1. The van der Waals surface area contributed by atoms with Gasteiger partial charge in [-0.05, 0) is 57.5 Å². The van der Waals surface area contributed by atoms with Gasteiger partial charge in [-0.15, -0.1) is 0 Å². The lowest BCUT2D eigenvalue weighted by atomic mass is 9.95. The Labute approximate surface area is 198 Å². The van der Waals surface area contributed by atoms with Crippen molar-refractivity contribution in [2.45, 2.75) is 58.0 Å². The number of esters is 1. The molecule has 2 aromatic carbocycles. The molecule has 0 radical (unpaired) electrons. The average molecular weight is 495 g/mol. The van der Waals surface area contributed by atoms with Gasteiger partial charge in [0.15, 0.2) is 5.78 Å². The first-order valence-electron chi connectivity index (χ1n) is 10.9. The molecule has 1 heterocycles. The topological polar surface area (TPSA) is 85.6 Å². The molecule has 0 aliphatic heterocycles. The maximum absolute atomic E-state index is 14.3. The number of hydrogen-bond acceptors (Lipinski definition) is 6. The Kier molecular flexibility index (Phi) is 7.35. The van der Waals surface area contributed by atoms with Crippen molar-refractivity contribution in [1.82, 2.24) is 5.32 Å². The first-order valence-corrected chi connectivity index (χ1v) is 10.9. The van der Waals surface area contributed by atoms with Gasteiger partial charge in [0.2, 0.25) is 0 Å². The van der Waals surface area contributed by atoms with Crippen LogP contribution in [-0.2, 0) is 14.3 Å². The molecule has 0 saturated carbocycles. The number of carbonyl (C=O) groups is 3. The molecule has 0 fully saturated rings. The van der Waals surface area contributed by atoms with E-state index in [1.165, 1.54) is 32.0 Å². The van der Waals surface area contributed by atoms with Gasteiger partial charge in [0.25, 0.3) is 5.78 Å². The first-order chi connectivity index (χ1) is 16.2. The maximum atomic E-state index is 14.3. The Morgan fingerprint density at radius 3 is 2.26 bits per heavy atom. The summed E-state index contributed by atoms with van der Waals surface area (Å²) < 4.78 is 67.0. The Hall–Kier alpha value is -3.27. The molecule has 0 spiro atoms. The largest absolute Gasteiger partial charge is 0.460 e. The highest BCUT2D eigenvalue weighted by atomic mass is 19.4. The predicted octanol–water partition coefficient (Wildman–Crippen LogP) is 5.62. The third-order valence-corrected chi connectivity index (χ3v) is 5.41. The fourth-order valence-corrected chi connectivity index (χ4v) is 3.83. The number of ether oxygens (including phenoxy) is 1. The molecule has 3 aromatic rings. The van der Waals surface area contributed by atoms with Crippen LogP contribution in [0.5, 0.6) is 0 Å². The second-order valence-corrected chi connectivity index (χ2v) is 8.83. The van der Waals surface area contributed by atoms with Crippen molar-refractivity contribution >= 4 is 39.5 Å². The van der Waals surface area contributed by atoms with Gasteiger partial charge in [0.1, 0.15) is 22.9 Å². The van der Waals surface area contributed by atoms with E-state index in [1.807, 2.05) is 0 Å². The average Bonchev–Trinajstić information content (AvgIpc) is 3.11. The van der Waals surface area contributed by atoms with Crippen LogP contribution in [0.3, 0.4) is 0 Å². The minimum absolute atomic E-state index is 0.133. The van der Waals surface area contributed by atoms with Crippen molar-refractivity contribution in [1.29, 1.82) is 0 Å². The van der Waals surface area contributed by atoms with Crippen molar-refractivity contribution in [3.05, 3.63) is 47.5 Å². The van der Waals surface area contributed by atoms with Gasteiger partial charge in [-0.2, -0.15) is 13.2 Å². The van der Waals surface area contributed by atoms with Gasteiger partial charge in [-0.1, -0.05) is 12.1 Å². The summed E-state index contributed by atoms with van der Waals surface area (Å²) in [6, 6.07) is 4.31. The summed E-state index contributed by atoms with van der Waals surface area (Å²) >= 11 is 0. The Bertz CT molecular complexity index is 1270. The minimum Gasteiger partial charge on any atom is -0.460 e. The number of hydrogen-bond donors (Lipinski definition) is 1. The summed E-state index contributed by atoms with van der Waals surface area (Å²) in [5.41, 5.74) is -1.41. The molecule has 10 heteroatoms. The van der Waals surface area contributed by atoms with E-state index in [2.05, 4.69) is 10.1 Å². The van der Waals surface area contributed by atoms with Crippen molar-refractivity contribution in [3.63, 3.8) is 0 Å². The molecule has 0 bridgehead atoms. The Morgan fingerprint density at radius 2 is 1.69 bits per heavy atom. The number of benzene rings is 2. The Morgan fingerprint density at radius 1 is 1.00 bits per heavy atom. The number of halogens is 4. The monoisotopic (exact) mass is 495 g/mol. The van der Waals surface area contributed by atoms with Crippen LogP contribution in [-0.4, -0.2) is 42.0 Å². The zero-order chi connectivity index (χ0) is 26.1. The van der Waals surface area contributed by atoms with Crippen LogP contribution in [0.25, 0.3) is 21.9 Å². The molecule has 6 nitrogen and oxygen atoms in total. The van der Waals surface area contributed by atoms with Gasteiger partial charge >= 0.3 is 12.1 Å². The number of fused-ring (bicyclic) bond motifs is 3. The van der Waals surface area contributed by atoms with Crippen molar-refractivity contribution in [2.75, 3.05) is 6.61 Å². The lowest BCUT2D eigenvalue weighted by Gasteiger charge is -2.29. The quantitative estimate of drug-likeness (QED) is 0.180. The number of ketones is 2. The third kappa shape index (κ3) is 6.05. The molecular formula is C25H25F4NO5. The number of furan rings is 1. The zero-order valence-corrected chi connectivity index (χ0v) is 19.6. The number of carbonyl (C=O) groups excluding carboxylic acids is 3. The molecule has 0 aliphatic rings. The summed E-state index contributed by atoms with van der Waals surface area (Å²) in [5, 5.41) is 3.18. The first kappa shape index (κ1) is 26.3. The molecule has 0 amide bonds. The molecule has 35 heavy (non-hydrogen) atoms. The normalized spacial score (nSPS) is 14.2. The van der Waals surface area contributed by atoms with E-state index in [0.717, 1.165) is 13.8 Å². The molecule has 0 saturated heterocycles. The smallest absolute Gasteiger partial charge is 0.407 e. The highest BCUT2D eigenvalue weighted by Gasteiger charge is 2.45. The molecule has 1 aromatic heterocycles. The van der Waals surface area contributed by atoms with E-state index in [-0.39, 0.29) is 23.5 Å². The summed E-state index contributed by atoms with van der Waals surface area (Å²) in [5.74, 6) is -2.81.